The highest BCUT2D eigenvalue weighted by Gasteiger charge is 2.41. The van der Waals surface area contributed by atoms with Gasteiger partial charge in [-0.2, -0.15) is 27.8 Å². The second kappa shape index (κ2) is 11.0. The lowest BCUT2D eigenvalue weighted by Gasteiger charge is -2.32. The van der Waals surface area contributed by atoms with E-state index in [1.54, 1.807) is 33.0 Å². The molecule has 3 aromatic rings. The Morgan fingerprint density at radius 2 is 1.93 bits per heavy atom. The Balaban J connectivity index is 1.75. The second-order valence-electron chi connectivity index (χ2n) is 10.9. The first kappa shape index (κ1) is 29.7. The summed E-state index contributed by atoms with van der Waals surface area (Å²) < 4.78 is 84.8. The zero-order valence-electron chi connectivity index (χ0n) is 22.2. The molecule has 1 saturated carbocycles. The topological polar surface area (TPSA) is 121 Å². The van der Waals surface area contributed by atoms with Gasteiger partial charge in [0.25, 0.3) is 5.91 Å². The number of imidazole rings is 1. The van der Waals surface area contributed by atoms with E-state index in [0.717, 1.165) is 10.9 Å². The third-order valence-corrected chi connectivity index (χ3v) is 8.05. The Labute approximate surface area is 229 Å². The summed E-state index contributed by atoms with van der Waals surface area (Å²) in [6.07, 6.45) is -0.581. The van der Waals surface area contributed by atoms with E-state index in [1.807, 2.05) is 0 Å². The standard InChI is InChI=1S/C25H30F5N7O2S/c1-23(2,3)40(39)33-12-15-10-19-34-18(14-37(19)32-11-15)20(16-4-6-24(26,27)7-5-16)21-17(22(31)38)13-36(35-21)9-8-25(28,29)30/h10-14,16,20H,4-9H2,1-3H3,(H2,31,38)/b33-12+/t20-,40-/m0/s1. The molecule has 3 heterocycles. The Bertz CT molecular complexity index is 1430. The Kier molecular flexibility index (Phi) is 8.16. The molecule has 218 valence electrons. The van der Waals surface area contributed by atoms with Crippen LogP contribution < -0.4 is 5.73 Å². The van der Waals surface area contributed by atoms with E-state index in [1.165, 1.54) is 16.9 Å². The molecule has 2 atom stereocenters. The number of aromatic nitrogens is 5. The molecule has 0 spiro atoms. The number of fused-ring (bicyclic) bond motifs is 1. The van der Waals surface area contributed by atoms with Crippen LogP contribution in [-0.4, -0.2) is 57.6 Å². The van der Waals surface area contributed by atoms with Crippen LogP contribution in [0.15, 0.2) is 29.1 Å². The lowest BCUT2D eigenvalue weighted by Crippen LogP contribution is -2.29. The zero-order chi connectivity index (χ0) is 29.5. The number of rotatable bonds is 8. The molecular weight excluding hydrogens is 557 g/mol. The highest BCUT2D eigenvalue weighted by Crippen LogP contribution is 2.45. The lowest BCUT2D eigenvalue weighted by atomic mass is 9.75. The van der Waals surface area contributed by atoms with E-state index in [-0.39, 0.29) is 36.9 Å². The fraction of sp³-hybridized carbons (Fsp3) is 0.560. The number of hydrogen-bond donors (Lipinski definition) is 1. The molecule has 40 heavy (non-hydrogen) atoms. The summed E-state index contributed by atoms with van der Waals surface area (Å²) in [5.74, 6) is -4.95. The van der Waals surface area contributed by atoms with Gasteiger partial charge in [-0.05, 0) is 45.6 Å². The van der Waals surface area contributed by atoms with Crippen molar-refractivity contribution in [3.8, 4) is 0 Å². The van der Waals surface area contributed by atoms with Crippen molar-refractivity contribution in [1.29, 1.82) is 0 Å². The first-order valence-electron chi connectivity index (χ1n) is 12.7. The molecule has 15 heteroatoms. The Morgan fingerprint density at radius 1 is 1.25 bits per heavy atom. The van der Waals surface area contributed by atoms with Crippen LogP contribution in [0.5, 0.6) is 0 Å². The summed E-state index contributed by atoms with van der Waals surface area (Å²) in [4.78, 5) is 16.9. The molecule has 9 nitrogen and oxygen atoms in total. The summed E-state index contributed by atoms with van der Waals surface area (Å²) >= 11 is 0. The predicted octanol–water partition coefficient (Wildman–Crippen LogP) is 4.82. The fourth-order valence-corrected chi connectivity index (χ4v) is 5.14. The van der Waals surface area contributed by atoms with Crippen molar-refractivity contribution in [1.82, 2.24) is 24.4 Å². The number of carbonyl (C=O) groups is 1. The molecule has 1 amide bonds. The minimum Gasteiger partial charge on any atom is -0.365 e. The average molecular weight is 588 g/mol. The van der Waals surface area contributed by atoms with Crippen LogP contribution in [0, 0.1) is 5.92 Å². The quantitative estimate of drug-likeness (QED) is 0.299. The predicted molar refractivity (Wildman–Crippen MR) is 139 cm³/mol. The molecule has 0 saturated heterocycles. The SMILES string of the molecule is CC(C)(C)[S@](=O)/N=C/c1cnn2cc([C@@H](c3nn(CCC(F)(F)F)cc3C(N)=O)C3CCC(F)(F)CC3)nc2c1. The Morgan fingerprint density at radius 3 is 2.52 bits per heavy atom. The molecule has 0 unspecified atom stereocenters. The van der Waals surface area contributed by atoms with Crippen LogP contribution in [0.2, 0.25) is 0 Å². The number of carbonyl (C=O) groups excluding carboxylic acids is 1. The van der Waals surface area contributed by atoms with E-state index in [4.69, 9.17) is 5.73 Å². The number of amides is 1. The molecule has 0 bridgehead atoms. The smallest absolute Gasteiger partial charge is 0.365 e. The summed E-state index contributed by atoms with van der Waals surface area (Å²) in [6, 6.07) is 1.64. The van der Waals surface area contributed by atoms with Gasteiger partial charge in [-0.15, -0.1) is 0 Å². The highest BCUT2D eigenvalue weighted by molar-refractivity contribution is 7.85. The molecule has 1 aliphatic carbocycles. The van der Waals surface area contributed by atoms with Gasteiger partial charge in [0.1, 0.15) is 11.0 Å². The summed E-state index contributed by atoms with van der Waals surface area (Å²) in [6.45, 7) is 4.82. The van der Waals surface area contributed by atoms with Gasteiger partial charge in [-0.25, -0.2) is 22.5 Å². The fourth-order valence-electron chi connectivity index (χ4n) is 4.61. The number of nitrogens with two attached hydrogens (primary N) is 1. The highest BCUT2D eigenvalue weighted by atomic mass is 32.2. The zero-order valence-corrected chi connectivity index (χ0v) is 23.0. The van der Waals surface area contributed by atoms with Crippen molar-refractivity contribution in [2.24, 2.45) is 16.0 Å². The van der Waals surface area contributed by atoms with Gasteiger partial charge in [0.05, 0.1) is 46.4 Å². The maximum atomic E-state index is 14.0. The van der Waals surface area contributed by atoms with Gasteiger partial charge in [-0.1, -0.05) is 0 Å². The first-order chi connectivity index (χ1) is 18.5. The van der Waals surface area contributed by atoms with Crippen molar-refractivity contribution < 1.29 is 31.0 Å². The van der Waals surface area contributed by atoms with E-state index in [2.05, 4.69) is 19.6 Å². The molecule has 3 aromatic heterocycles. The minimum atomic E-state index is -4.44. The second-order valence-corrected chi connectivity index (χ2v) is 12.9. The maximum absolute atomic E-state index is 14.0. The van der Waals surface area contributed by atoms with Gasteiger partial charge in [0.15, 0.2) is 5.65 Å². The normalized spacial score (nSPS) is 18.4. The van der Waals surface area contributed by atoms with Crippen molar-refractivity contribution in [3.63, 3.8) is 0 Å². The number of primary amides is 1. The maximum Gasteiger partial charge on any atom is 0.390 e. The van der Waals surface area contributed by atoms with Crippen LogP contribution in [-0.2, 0) is 17.5 Å². The number of alkyl halides is 5. The molecule has 4 rings (SSSR count). The summed E-state index contributed by atoms with van der Waals surface area (Å²) in [5.41, 5.74) is 6.82. The van der Waals surface area contributed by atoms with Crippen molar-refractivity contribution >= 4 is 28.8 Å². The number of nitrogens with zero attached hydrogens (tertiary/aromatic N) is 6. The van der Waals surface area contributed by atoms with Crippen LogP contribution in [0.4, 0.5) is 22.0 Å². The van der Waals surface area contributed by atoms with Crippen LogP contribution >= 0.6 is 0 Å². The van der Waals surface area contributed by atoms with Crippen molar-refractivity contribution in [2.45, 2.75) is 82.2 Å². The van der Waals surface area contributed by atoms with Crippen molar-refractivity contribution in [2.75, 3.05) is 0 Å². The lowest BCUT2D eigenvalue weighted by molar-refractivity contribution is -0.137. The Hall–Kier alpha value is -3.23. The number of halogens is 5. The van der Waals surface area contributed by atoms with E-state index in [0.29, 0.717) is 16.9 Å². The molecule has 1 aliphatic rings. The number of hydrogen-bond acceptors (Lipinski definition) is 5. The minimum absolute atomic E-state index is 0.0864. The average Bonchev–Trinajstić information content (AvgIpc) is 3.45. The van der Waals surface area contributed by atoms with Crippen LogP contribution in [0.25, 0.3) is 5.65 Å². The summed E-state index contributed by atoms with van der Waals surface area (Å²) in [5, 5.41) is 8.59. The van der Waals surface area contributed by atoms with Gasteiger partial charge in [-0.3, -0.25) is 9.48 Å². The van der Waals surface area contributed by atoms with Crippen LogP contribution in [0.1, 0.15) is 86.1 Å². The molecule has 0 aliphatic heterocycles. The molecular formula is C25H30F5N7O2S. The van der Waals surface area contributed by atoms with E-state index >= 15 is 0 Å². The third kappa shape index (κ3) is 7.09. The monoisotopic (exact) mass is 587 g/mol. The first-order valence-corrected chi connectivity index (χ1v) is 13.8. The number of aryl methyl sites for hydroxylation is 1. The molecule has 0 radical (unpaired) electrons. The van der Waals surface area contributed by atoms with Gasteiger partial charge in [0.2, 0.25) is 5.92 Å². The summed E-state index contributed by atoms with van der Waals surface area (Å²) in [7, 11) is -1.49. The van der Waals surface area contributed by atoms with E-state index < -0.39 is 58.5 Å². The molecule has 2 N–H and O–H groups in total. The van der Waals surface area contributed by atoms with Crippen molar-refractivity contribution in [3.05, 3.63) is 47.2 Å². The van der Waals surface area contributed by atoms with Crippen LogP contribution in [0.3, 0.4) is 0 Å². The molecule has 1 fully saturated rings. The van der Waals surface area contributed by atoms with Gasteiger partial charge >= 0.3 is 6.18 Å². The third-order valence-electron chi connectivity index (χ3n) is 6.71. The molecule has 0 aromatic carbocycles. The van der Waals surface area contributed by atoms with Gasteiger partial charge < -0.3 is 5.73 Å². The largest absolute Gasteiger partial charge is 0.390 e. The van der Waals surface area contributed by atoms with Gasteiger partial charge in [0, 0.05) is 37.4 Å². The van der Waals surface area contributed by atoms with E-state index in [9.17, 15) is 31.0 Å².